The lowest BCUT2D eigenvalue weighted by atomic mass is 9.84. The van der Waals surface area contributed by atoms with Crippen LogP contribution in [0.5, 0.6) is 0 Å². The van der Waals surface area contributed by atoms with E-state index in [0.717, 1.165) is 22.5 Å². The van der Waals surface area contributed by atoms with Crippen LogP contribution in [-0.2, 0) is 0 Å². The summed E-state index contributed by atoms with van der Waals surface area (Å²) < 4.78 is 0. The molecule has 8 aromatic carbocycles. The second-order valence-electron chi connectivity index (χ2n) is 12.4. The van der Waals surface area contributed by atoms with Crippen LogP contribution in [0.3, 0.4) is 0 Å². The summed E-state index contributed by atoms with van der Waals surface area (Å²) in [5, 5.41) is 10.1. The van der Waals surface area contributed by atoms with Gasteiger partial charge in [-0.05, 0) is 102 Å². The van der Waals surface area contributed by atoms with Crippen LogP contribution in [-0.4, -0.2) is 4.98 Å². The van der Waals surface area contributed by atoms with E-state index in [-0.39, 0.29) is 0 Å². The maximum atomic E-state index is 5.17. The third-order valence-electron chi connectivity index (χ3n) is 9.58. The van der Waals surface area contributed by atoms with Crippen molar-refractivity contribution in [1.29, 1.82) is 0 Å². The highest BCUT2D eigenvalue weighted by atomic mass is 14.7. The van der Waals surface area contributed by atoms with Gasteiger partial charge in [0.15, 0.2) is 0 Å². The molecule has 0 saturated carbocycles. The molecule has 1 heterocycles. The summed E-state index contributed by atoms with van der Waals surface area (Å²) in [5.74, 6) is 0. The fourth-order valence-electron chi connectivity index (χ4n) is 7.35. The number of benzene rings is 8. The second kappa shape index (κ2) is 11.1. The Morgan fingerprint density at radius 3 is 1.62 bits per heavy atom. The van der Waals surface area contributed by atoms with Crippen LogP contribution < -0.4 is 0 Å². The van der Waals surface area contributed by atoms with Crippen LogP contribution in [0.2, 0.25) is 0 Å². The topological polar surface area (TPSA) is 12.9 Å². The highest BCUT2D eigenvalue weighted by Gasteiger charge is 2.18. The molecule has 0 N–H and O–H groups in total. The molecule has 0 spiro atoms. The number of fused-ring (bicyclic) bond motifs is 4. The zero-order valence-electron chi connectivity index (χ0n) is 26.1. The van der Waals surface area contributed by atoms with Crippen LogP contribution in [0.1, 0.15) is 5.56 Å². The molecule has 9 aromatic rings. The van der Waals surface area contributed by atoms with Gasteiger partial charge >= 0.3 is 0 Å². The first-order chi connectivity index (χ1) is 23.2. The molecule has 1 heteroatoms. The van der Waals surface area contributed by atoms with Gasteiger partial charge in [0.05, 0.1) is 11.4 Å². The molecular weight excluding hydrogens is 567 g/mol. The molecule has 0 radical (unpaired) electrons. The molecule has 0 amide bonds. The summed E-state index contributed by atoms with van der Waals surface area (Å²) in [6, 6.07) is 61.4. The molecule has 0 aliphatic carbocycles. The molecule has 0 bridgehead atoms. The van der Waals surface area contributed by atoms with E-state index in [1.165, 1.54) is 70.9 Å². The number of hydrogen-bond acceptors (Lipinski definition) is 1. The highest BCUT2D eigenvalue weighted by Crippen LogP contribution is 2.45. The van der Waals surface area contributed by atoms with Gasteiger partial charge < -0.3 is 0 Å². The molecule has 0 unspecified atom stereocenters. The smallest absolute Gasteiger partial charge is 0.0709 e. The van der Waals surface area contributed by atoms with Crippen LogP contribution in [0, 0.1) is 6.92 Å². The van der Waals surface area contributed by atoms with Crippen molar-refractivity contribution in [3.8, 4) is 44.8 Å². The van der Waals surface area contributed by atoms with Crippen LogP contribution in [0.4, 0.5) is 0 Å². The Morgan fingerprint density at radius 2 is 0.872 bits per heavy atom. The van der Waals surface area contributed by atoms with E-state index in [0.29, 0.717) is 0 Å². The molecule has 9 rings (SSSR count). The van der Waals surface area contributed by atoms with Crippen LogP contribution in [0.15, 0.2) is 170 Å². The normalized spacial score (nSPS) is 11.5. The maximum Gasteiger partial charge on any atom is 0.0709 e. The maximum absolute atomic E-state index is 5.17. The summed E-state index contributed by atoms with van der Waals surface area (Å²) >= 11 is 0. The monoisotopic (exact) mass is 597 g/mol. The molecule has 0 saturated heterocycles. The van der Waals surface area contributed by atoms with E-state index in [9.17, 15) is 0 Å². The Morgan fingerprint density at radius 1 is 0.340 bits per heavy atom. The van der Waals surface area contributed by atoms with Gasteiger partial charge in [0.25, 0.3) is 0 Å². The van der Waals surface area contributed by atoms with Gasteiger partial charge in [0.2, 0.25) is 0 Å². The molecule has 0 aliphatic heterocycles. The summed E-state index contributed by atoms with van der Waals surface area (Å²) in [7, 11) is 0. The Kier molecular flexibility index (Phi) is 6.43. The minimum absolute atomic E-state index is 0.967. The van der Waals surface area contributed by atoms with Crippen LogP contribution in [0.25, 0.3) is 87.9 Å². The van der Waals surface area contributed by atoms with Gasteiger partial charge in [0, 0.05) is 11.1 Å². The predicted molar refractivity (Wildman–Crippen MR) is 201 cm³/mol. The fourth-order valence-corrected chi connectivity index (χ4v) is 7.35. The van der Waals surface area contributed by atoms with Crippen molar-refractivity contribution in [2.45, 2.75) is 6.92 Å². The third kappa shape index (κ3) is 4.59. The SMILES string of the molecule is Cc1cccc2c(-c3c4ccccc4c(-c4cccc(-c5cccc(-c6ccc7ccccc7c6)n5)c4)c4ccccc34)cccc12. The van der Waals surface area contributed by atoms with E-state index in [2.05, 4.69) is 177 Å². The number of hydrogen-bond donors (Lipinski definition) is 0. The zero-order valence-corrected chi connectivity index (χ0v) is 26.1. The molecule has 220 valence electrons. The summed E-state index contributed by atoms with van der Waals surface area (Å²) in [6.45, 7) is 2.20. The second-order valence-corrected chi connectivity index (χ2v) is 12.4. The highest BCUT2D eigenvalue weighted by molar-refractivity contribution is 6.23. The van der Waals surface area contributed by atoms with E-state index in [1.807, 2.05) is 0 Å². The largest absolute Gasteiger partial charge is 0.248 e. The lowest BCUT2D eigenvalue weighted by Gasteiger charge is -2.19. The molecule has 1 nitrogen and oxygen atoms in total. The number of aryl methyl sites for hydroxylation is 1. The van der Waals surface area contributed by atoms with Crippen LogP contribution >= 0.6 is 0 Å². The molecule has 47 heavy (non-hydrogen) atoms. The Hall–Kier alpha value is -6.05. The van der Waals surface area contributed by atoms with E-state index >= 15 is 0 Å². The molecule has 0 aliphatic rings. The minimum atomic E-state index is 0.967. The van der Waals surface area contributed by atoms with Crippen molar-refractivity contribution < 1.29 is 0 Å². The number of pyridine rings is 1. The molecule has 1 aromatic heterocycles. The third-order valence-corrected chi connectivity index (χ3v) is 9.58. The standard InChI is InChI=1S/C46H31N/c1-30-12-8-22-37-36(30)21-10-23-38(37)46-41-19-6-4-17-39(41)45(40-18-5-7-20-42(40)46)35-16-9-15-33(29-35)43-24-11-25-44(47-43)34-27-26-31-13-2-3-14-32(31)28-34/h2-29H,1H3. The quantitative estimate of drug-likeness (QED) is 0.184. The van der Waals surface area contributed by atoms with Crippen molar-refractivity contribution in [1.82, 2.24) is 4.98 Å². The Labute approximate surface area is 274 Å². The van der Waals surface area contributed by atoms with Gasteiger partial charge in [0.1, 0.15) is 0 Å². The number of nitrogens with zero attached hydrogens (tertiary/aromatic N) is 1. The van der Waals surface area contributed by atoms with Crippen molar-refractivity contribution in [2.24, 2.45) is 0 Å². The summed E-state index contributed by atoms with van der Waals surface area (Å²) in [6.07, 6.45) is 0. The lowest BCUT2D eigenvalue weighted by molar-refractivity contribution is 1.33. The predicted octanol–water partition coefficient (Wildman–Crippen LogP) is 12.7. The van der Waals surface area contributed by atoms with E-state index in [1.54, 1.807) is 0 Å². The Bertz CT molecular complexity index is 2590. The van der Waals surface area contributed by atoms with Crippen molar-refractivity contribution >= 4 is 43.1 Å². The fraction of sp³-hybridized carbons (Fsp3) is 0.0217. The van der Waals surface area contributed by atoms with Crippen molar-refractivity contribution in [3.05, 3.63) is 175 Å². The summed E-state index contributed by atoms with van der Waals surface area (Å²) in [5.41, 5.74) is 10.5. The molecule has 0 atom stereocenters. The van der Waals surface area contributed by atoms with Gasteiger partial charge in [-0.3, -0.25) is 0 Å². The van der Waals surface area contributed by atoms with Crippen molar-refractivity contribution in [2.75, 3.05) is 0 Å². The van der Waals surface area contributed by atoms with Crippen molar-refractivity contribution in [3.63, 3.8) is 0 Å². The average molecular weight is 598 g/mol. The first-order valence-corrected chi connectivity index (χ1v) is 16.2. The minimum Gasteiger partial charge on any atom is -0.248 e. The Balaban J connectivity index is 1.24. The first kappa shape index (κ1) is 27.3. The number of aromatic nitrogens is 1. The van der Waals surface area contributed by atoms with E-state index in [4.69, 9.17) is 4.98 Å². The first-order valence-electron chi connectivity index (χ1n) is 16.2. The van der Waals surface area contributed by atoms with Gasteiger partial charge in [-0.15, -0.1) is 0 Å². The van der Waals surface area contributed by atoms with Gasteiger partial charge in [-0.1, -0.05) is 146 Å². The molecule has 0 fully saturated rings. The average Bonchev–Trinajstić information content (AvgIpc) is 3.14. The lowest BCUT2D eigenvalue weighted by Crippen LogP contribution is -1.93. The number of rotatable bonds is 4. The van der Waals surface area contributed by atoms with Gasteiger partial charge in [-0.25, -0.2) is 4.98 Å². The summed E-state index contributed by atoms with van der Waals surface area (Å²) in [4.78, 5) is 5.17. The van der Waals surface area contributed by atoms with E-state index < -0.39 is 0 Å². The molecular formula is C46H31N. The zero-order chi connectivity index (χ0) is 31.3. The van der Waals surface area contributed by atoms with Gasteiger partial charge in [-0.2, -0.15) is 0 Å².